The minimum atomic E-state index is -0.0590. The van der Waals surface area contributed by atoms with Crippen molar-refractivity contribution in [2.45, 2.75) is 32.9 Å². The first-order valence-corrected chi connectivity index (χ1v) is 7.10. The molecule has 0 saturated carbocycles. The number of hydrogen-bond donors (Lipinski definition) is 2. The van der Waals surface area contributed by atoms with Crippen LogP contribution in [-0.2, 0) is 6.54 Å². The van der Waals surface area contributed by atoms with Gasteiger partial charge in [-0.3, -0.25) is 0 Å². The molecule has 1 unspecified atom stereocenters. The third kappa shape index (κ3) is 3.26. The van der Waals surface area contributed by atoms with E-state index in [1.165, 1.54) is 0 Å². The molecule has 0 aliphatic rings. The van der Waals surface area contributed by atoms with Crippen molar-refractivity contribution in [3.63, 3.8) is 0 Å². The number of benzene rings is 1. The first-order chi connectivity index (χ1) is 9.55. The maximum atomic E-state index is 5.88. The molecule has 0 aliphatic heterocycles. The molecule has 1 aromatic carbocycles. The Morgan fingerprint density at radius 3 is 2.55 bits per heavy atom. The second-order valence-corrected chi connectivity index (χ2v) is 5.72. The molecule has 0 fully saturated rings. The smallest absolute Gasteiger partial charge is 0.0767 e. The molecule has 108 valence electrons. The Bertz CT molecular complexity index is 532. The molecule has 1 heterocycles. The number of hydrogen-bond acceptors (Lipinski definition) is 3. The van der Waals surface area contributed by atoms with Crippen molar-refractivity contribution in [1.82, 2.24) is 15.1 Å². The van der Waals surface area contributed by atoms with Crippen LogP contribution in [0.3, 0.4) is 0 Å². The van der Waals surface area contributed by atoms with Gasteiger partial charge < -0.3 is 11.1 Å². The van der Waals surface area contributed by atoms with Crippen LogP contribution in [-0.4, -0.2) is 21.9 Å². The molecule has 0 bridgehead atoms. The van der Waals surface area contributed by atoms with Gasteiger partial charge in [0.1, 0.15) is 0 Å². The lowest BCUT2D eigenvalue weighted by molar-refractivity contribution is 0.266. The van der Waals surface area contributed by atoms with Gasteiger partial charge in [0.05, 0.1) is 11.4 Å². The molecule has 4 heteroatoms. The van der Waals surface area contributed by atoms with Crippen molar-refractivity contribution >= 4 is 0 Å². The van der Waals surface area contributed by atoms with Gasteiger partial charge in [-0.2, -0.15) is 5.10 Å². The van der Waals surface area contributed by atoms with Crippen molar-refractivity contribution in [1.29, 1.82) is 0 Å². The van der Waals surface area contributed by atoms with Gasteiger partial charge in [-0.05, 0) is 31.0 Å². The van der Waals surface area contributed by atoms with Crippen LogP contribution < -0.4 is 11.1 Å². The molecule has 1 aromatic heterocycles. The lowest BCUT2D eigenvalue weighted by atomic mass is 9.88. The fourth-order valence-corrected chi connectivity index (χ4v) is 1.98. The summed E-state index contributed by atoms with van der Waals surface area (Å²) in [4.78, 5) is 0. The lowest BCUT2D eigenvalue weighted by Crippen LogP contribution is -2.52. The number of nitrogens with two attached hydrogens (primary N) is 1. The van der Waals surface area contributed by atoms with E-state index in [4.69, 9.17) is 5.73 Å². The van der Waals surface area contributed by atoms with Crippen LogP contribution in [0.25, 0.3) is 5.69 Å². The Hall–Kier alpha value is -1.65. The molecule has 3 N–H and O–H groups in total. The first kappa shape index (κ1) is 14.8. The summed E-state index contributed by atoms with van der Waals surface area (Å²) in [5.74, 6) is 0.476. The highest BCUT2D eigenvalue weighted by Crippen LogP contribution is 2.15. The zero-order valence-corrected chi connectivity index (χ0v) is 12.5. The average molecular weight is 272 g/mol. The monoisotopic (exact) mass is 272 g/mol. The molecule has 4 nitrogen and oxygen atoms in total. The molecule has 0 saturated heterocycles. The second kappa shape index (κ2) is 6.20. The molecule has 0 amide bonds. The predicted molar refractivity (Wildman–Crippen MR) is 82.7 cm³/mol. The third-order valence-corrected chi connectivity index (χ3v) is 4.04. The largest absolute Gasteiger partial charge is 0.329 e. The van der Waals surface area contributed by atoms with Gasteiger partial charge >= 0.3 is 0 Å². The third-order valence-electron chi connectivity index (χ3n) is 4.04. The Balaban J connectivity index is 2.04. The molecule has 20 heavy (non-hydrogen) atoms. The Morgan fingerprint density at radius 2 is 1.95 bits per heavy atom. The second-order valence-electron chi connectivity index (χ2n) is 5.72. The van der Waals surface area contributed by atoms with Gasteiger partial charge in [0.25, 0.3) is 0 Å². The van der Waals surface area contributed by atoms with Crippen molar-refractivity contribution in [3.8, 4) is 5.69 Å². The van der Waals surface area contributed by atoms with E-state index in [9.17, 15) is 0 Å². The topological polar surface area (TPSA) is 55.9 Å². The standard InChI is InChI=1S/C16H24N4/c1-13(2)16(3,12-17)18-11-14-9-10-20(19-14)15-7-5-4-6-8-15/h4-10,13,18H,11-12,17H2,1-3H3. The zero-order valence-electron chi connectivity index (χ0n) is 12.5. The van der Waals surface area contributed by atoms with Gasteiger partial charge in [0.2, 0.25) is 0 Å². The Kier molecular flexibility index (Phi) is 4.57. The fraction of sp³-hybridized carbons (Fsp3) is 0.438. The molecular weight excluding hydrogens is 248 g/mol. The number of nitrogens with zero attached hydrogens (tertiary/aromatic N) is 2. The summed E-state index contributed by atoms with van der Waals surface area (Å²) in [6, 6.07) is 12.2. The Labute approximate surface area is 121 Å². The summed E-state index contributed by atoms with van der Waals surface area (Å²) in [7, 11) is 0. The van der Waals surface area contributed by atoms with Gasteiger partial charge in [-0.25, -0.2) is 4.68 Å². The van der Waals surface area contributed by atoms with Gasteiger partial charge in [0, 0.05) is 24.8 Å². The van der Waals surface area contributed by atoms with E-state index in [-0.39, 0.29) is 5.54 Å². The maximum Gasteiger partial charge on any atom is 0.0767 e. The van der Waals surface area contributed by atoms with E-state index in [1.807, 2.05) is 47.3 Å². The summed E-state index contributed by atoms with van der Waals surface area (Å²) in [6.45, 7) is 7.87. The van der Waals surface area contributed by atoms with Crippen LogP contribution in [0, 0.1) is 5.92 Å². The van der Waals surface area contributed by atoms with E-state index >= 15 is 0 Å². The van der Waals surface area contributed by atoms with Gasteiger partial charge in [-0.15, -0.1) is 0 Å². The number of para-hydroxylation sites is 1. The van der Waals surface area contributed by atoms with Crippen LogP contribution in [0.5, 0.6) is 0 Å². The molecular formula is C16H24N4. The Morgan fingerprint density at radius 1 is 1.25 bits per heavy atom. The van der Waals surface area contributed by atoms with Gasteiger partial charge in [-0.1, -0.05) is 32.0 Å². The number of rotatable bonds is 6. The van der Waals surface area contributed by atoms with Crippen molar-refractivity contribution < 1.29 is 0 Å². The molecule has 2 rings (SSSR count). The summed E-state index contributed by atoms with van der Waals surface area (Å²) < 4.78 is 1.90. The summed E-state index contributed by atoms with van der Waals surface area (Å²) in [5.41, 5.74) is 7.92. The molecule has 0 radical (unpaired) electrons. The van der Waals surface area contributed by atoms with Crippen LogP contribution >= 0.6 is 0 Å². The first-order valence-electron chi connectivity index (χ1n) is 7.10. The van der Waals surface area contributed by atoms with E-state index in [1.54, 1.807) is 0 Å². The predicted octanol–water partition coefficient (Wildman–Crippen LogP) is 2.34. The van der Waals surface area contributed by atoms with Crippen molar-refractivity contribution in [3.05, 3.63) is 48.3 Å². The lowest BCUT2D eigenvalue weighted by Gasteiger charge is -2.33. The average Bonchev–Trinajstić information content (AvgIpc) is 2.94. The van der Waals surface area contributed by atoms with Crippen molar-refractivity contribution in [2.24, 2.45) is 11.7 Å². The highest BCUT2D eigenvalue weighted by Gasteiger charge is 2.25. The van der Waals surface area contributed by atoms with E-state index < -0.39 is 0 Å². The molecule has 2 aromatic rings. The van der Waals surface area contributed by atoms with E-state index in [0.717, 1.165) is 17.9 Å². The fourth-order valence-electron chi connectivity index (χ4n) is 1.98. The summed E-state index contributed by atoms with van der Waals surface area (Å²) in [6.07, 6.45) is 1.99. The molecule has 0 aliphatic carbocycles. The van der Waals surface area contributed by atoms with Gasteiger partial charge in [0.15, 0.2) is 0 Å². The minimum absolute atomic E-state index is 0.0590. The SMILES string of the molecule is CC(C)C(C)(CN)NCc1ccn(-c2ccccc2)n1. The van der Waals surface area contributed by atoms with Crippen LogP contribution in [0.1, 0.15) is 26.5 Å². The molecule has 1 atom stereocenters. The van der Waals surface area contributed by atoms with E-state index in [2.05, 4.69) is 31.2 Å². The number of aromatic nitrogens is 2. The summed E-state index contributed by atoms with van der Waals surface area (Å²) >= 11 is 0. The maximum absolute atomic E-state index is 5.88. The van der Waals surface area contributed by atoms with E-state index in [0.29, 0.717) is 12.5 Å². The normalized spacial score (nSPS) is 14.4. The molecule has 0 spiro atoms. The zero-order chi connectivity index (χ0) is 14.6. The van der Waals surface area contributed by atoms with Crippen LogP contribution in [0.2, 0.25) is 0 Å². The summed E-state index contributed by atoms with van der Waals surface area (Å²) in [5, 5.41) is 8.12. The minimum Gasteiger partial charge on any atom is -0.329 e. The quantitative estimate of drug-likeness (QED) is 0.848. The van der Waals surface area contributed by atoms with Crippen LogP contribution in [0.15, 0.2) is 42.6 Å². The van der Waals surface area contributed by atoms with Crippen molar-refractivity contribution in [2.75, 3.05) is 6.54 Å². The highest BCUT2D eigenvalue weighted by molar-refractivity contribution is 5.30. The number of nitrogens with one attached hydrogen (secondary N) is 1. The van der Waals surface area contributed by atoms with Crippen LogP contribution in [0.4, 0.5) is 0 Å². The highest BCUT2D eigenvalue weighted by atomic mass is 15.3.